The molecule has 3 fully saturated rings. The van der Waals surface area contributed by atoms with Gasteiger partial charge < -0.3 is 4.74 Å². The second-order valence-corrected chi connectivity index (χ2v) is 11.0. The number of amides is 2. The summed E-state index contributed by atoms with van der Waals surface area (Å²) in [5.74, 6) is 0.323. The quantitative estimate of drug-likeness (QED) is 0.267. The van der Waals surface area contributed by atoms with Gasteiger partial charge in [-0.25, -0.2) is 4.79 Å². The fourth-order valence-corrected chi connectivity index (χ4v) is 6.79. The second-order valence-electron chi connectivity index (χ2n) is 11.0. The van der Waals surface area contributed by atoms with Crippen LogP contribution in [0.5, 0.6) is 5.75 Å². The number of likely N-dealkylation sites (tertiary alicyclic amines) is 1. The Labute approximate surface area is 206 Å². The summed E-state index contributed by atoms with van der Waals surface area (Å²) in [6.45, 7) is 6.06. The van der Waals surface area contributed by atoms with Crippen LogP contribution < -0.4 is 4.74 Å². The number of carbonyl (C=O) groups is 3. The maximum Gasteiger partial charge on any atom is 0.335 e. The Morgan fingerprint density at radius 1 is 0.971 bits per heavy atom. The van der Waals surface area contributed by atoms with Crippen LogP contribution >= 0.6 is 0 Å². The van der Waals surface area contributed by atoms with Crippen molar-refractivity contribution in [3.63, 3.8) is 0 Å². The van der Waals surface area contributed by atoms with Crippen LogP contribution in [0.25, 0.3) is 0 Å². The van der Waals surface area contributed by atoms with Crippen LogP contribution in [0.2, 0.25) is 0 Å². The van der Waals surface area contributed by atoms with Crippen LogP contribution in [-0.2, 0) is 20.8 Å². The molecular weight excluding hydrogens is 438 g/mol. The summed E-state index contributed by atoms with van der Waals surface area (Å²) >= 11 is 0. The average Bonchev–Trinajstić information content (AvgIpc) is 3.62. The van der Waals surface area contributed by atoms with Crippen molar-refractivity contribution in [1.29, 1.82) is 0 Å². The molecule has 0 unspecified atom stereocenters. The zero-order valence-corrected chi connectivity index (χ0v) is 20.4. The highest BCUT2D eigenvalue weighted by Gasteiger charge is 2.68. The Kier molecular flexibility index (Phi) is 5.21. The van der Waals surface area contributed by atoms with Gasteiger partial charge in [0.15, 0.2) is 0 Å². The molecule has 7 atom stereocenters. The molecule has 0 N–H and O–H groups in total. The van der Waals surface area contributed by atoms with Gasteiger partial charge in [0.1, 0.15) is 11.8 Å². The third kappa shape index (κ3) is 3.55. The highest BCUT2D eigenvalue weighted by atomic mass is 16.5. The molecule has 1 aliphatic heterocycles. The lowest BCUT2D eigenvalue weighted by Crippen LogP contribution is -2.48. The highest BCUT2D eigenvalue weighted by molar-refractivity contribution is 6.09. The molecule has 1 saturated heterocycles. The van der Waals surface area contributed by atoms with E-state index in [1.165, 1.54) is 4.90 Å². The molecule has 2 saturated carbocycles. The van der Waals surface area contributed by atoms with E-state index in [1.807, 2.05) is 55.5 Å². The molecule has 2 aromatic carbocycles. The molecule has 35 heavy (non-hydrogen) atoms. The molecular formula is C30H31NO4. The molecule has 180 valence electrons. The number of nitrogens with zero attached hydrogens (tertiary/aromatic N) is 1. The summed E-state index contributed by atoms with van der Waals surface area (Å²) in [5, 5.41) is 0. The Morgan fingerprint density at radius 3 is 2.20 bits per heavy atom. The third-order valence-corrected chi connectivity index (χ3v) is 8.55. The molecule has 0 spiro atoms. The van der Waals surface area contributed by atoms with E-state index < -0.39 is 12.0 Å². The fourth-order valence-electron chi connectivity index (χ4n) is 6.79. The van der Waals surface area contributed by atoms with Crippen LogP contribution in [0.4, 0.5) is 0 Å². The SMILES string of the molecule is Cc1ccc(C(C)C)c(OC(=O)[C@H](Cc2ccccc2)N2C(=O)[C@@H]3[C@H]4C=C[C@@H]([C@@H]5C[C@@H]45)[C@H]3C2=O)c1. The molecule has 5 aliphatic rings. The van der Waals surface area contributed by atoms with Crippen LogP contribution in [0.3, 0.4) is 0 Å². The zero-order chi connectivity index (χ0) is 24.4. The summed E-state index contributed by atoms with van der Waals surface area (Å²) < 4.78 is 5.98. The topological polar surface area (TPSA) is 63.7 Å². The van der Waals surface area contributed by atoms with Gasteiger partial charge in [0, 0.05) is 6.42 Å². The lowest BCUT2D eigenvalue weighted by Gasteiger charge is -2.37. The van der Waals surface area contributed by atoms with E-state index in [0.29, 0.717) is 17.6 Å². The molecule has 2 aromatic rings. The number of hydrogen-bond acceptors (Lipinski definition) is 4. The predicted molar refractivity (Wildman–Crippen MR) is 131 cm³/mol. The van der Waals surface area contributed by atoms with Gasteiger partial charge in [-0.2, -0.15) is 0 Å². The van der Waals surface area contributed by atoms with Gasteiger partial charge in [0.05, 0.1) is 11.8 Å². The van der Waals surface area contributed by atoms with Gasteiger partial charge in [0.25, 0.3) is 0 Å². The summed E-state index contributed by atoms with van der Waals surface area (Å²) in [4.78, 5) is 42.6. The molecule has 7 rings (SSSR count). The lowest BCUT2D eigenvalue weighted by atomic mass is 9.63. The minimum atomic E-state index is -0.987. The van der Waals surface area contributed by atoms with E-state index in [1.54, 1.807) is 0 Å². The molecule has 2 bridgehead atoms. The van der Waals surface area contributed by atoms with Crippen molar-refractivity contribution in [1.82, 2.24) is 4.90 Å². The summed E-state index contributed by atoms with van der Waals surface area (Å²) in [6.07, 6.45) is 5.66. The van der Waals surface area contributed by atoms with Crippen molar-refractivity contribution >= 4 is 17.8 Å². The number of esters is 1. The van der Waals surface area contributed by atoms with Crippen molar-refractivity contribution in [3.05, 3.63) is 77.4 Å². The largest absolute Gasteiger partial charge is 0.425 e. The lowest BCUT2D eigenvalue weighted by molar-refractivity contribution is -0.153. The third-order valence-electron chi connectivity index (χ3n) is 8.55. The van der Waals surface area contributed by atoms with Crippen LogP contribution in [-0.4, -0.2) is 28.7 Å². The molecule has 5 nitrogen and oxygen atoms in total. The first-order valence-electron chi connectivity index (χ1n) is 12.8. The predicted octanol–water partition coefficient (Wildman–Crippen LogP) is 4.69. The number of benzene rings is 2. The smallest absolute Gasteiger partial charge is 0.335 e. The van der Waals surface area contributed by atoms with Gasteiger partial charge in [-0.1, -0.05) is 68.5 Å². The van der Waals surface area contributed by atoms with Crippen molar-refractivity contribution in [2.45, 2.75) is 45.6 Å². The Morgan fingerprint density at radius 2 is 1.60 bits per heavy atom. The van der Waals surface area contributed by atoms with E-state index in [-0.39, 0.29) is 47.8 Å². The Bertz CT molecular complexity index is 1200. The van der Waals surface area contributed by atoms with Crippen molar-refractivity contribution in [2.75, 3.05) is 0 Å². The highest BCUT2D eigenvalue weighted by Crippen LogP contribution is 2.65. The minimum absolute atomic E-state index is 0.120. The van der Waals surface area contributed by atoms with E-state index in [0.717, 1.165) is 23.1 Å². The number of imide groups is 1. The second kappa shape index (κ2) is 8.18. The molecule has 5 heteroatoms. The molecule has 4 aliphatic carbocycles. The number of hydrogen-bond donors (Lipinski definition) is 0. The van der Waals surface area contributed by atoms with E-state index >= 15 is 0 Å². The average molecular weight is 470 g/mol. The first-order chi connectivity index (χ1) is 16.8. The molecule has 2 amide bonds. The maximum absolute atomic E-state index is 13.8. The summed E-state index contributed by atoms with van der Waals surface area (Å²) in [5.41, 5.74) is 2.80. The van der Waals surface area contributed by atoms with E-state index in [9.17, 15) is 14.4 Å². The molecule has 0 radical (unpaired) electrons. The van der Waals surface area contributed by atoms with Crippen LogP contribution in [0.15, 0.2) is 60.7 Å². The zero-order valence-electron chi connectivity index (χ0n) is 20.4. The minimum Gasteiger partial charge on any atom is -0.425 e. The Hall–Kier alpha value is -3.21. The monoisotopic (exact) mass is 469 g/mol. The van der Waals surface area contributed by atoms with Gasteiger partial charge in [-0.05, 0) is 65.7 Å². The number of carbonyl (C=O) groups excluding carboxylic acids is 3. The summed E-state index contributed by atoms with van der Waals surface area (Å²) in [6, 6.07) is 14.4. The molecule has 0 aromatic heterocycles. The maximum atomic E-state index is 13.8. The van der Waals surface area contributed by atoms with Gasteiger partial charge in [-0.3, -0.25) is 14.5 Å². The first-order valence-corrected chi connectivity index (χ1v) is 12.8. The number of aryl methyl sites for hydroxylation is 1. The standard InChI is InChI=1S/C30H31NO4/c1-16(2)19-10-9-17(3)13-25(19)35-30(34)24(14-18-7-5-4-6-8-18)31-28(32)26-20-11-12-21(23-15-22(20)23)27(26)29(31)33/h4-13,16,20-24,26-27H,14-15H2,1-3H3/t20-,21-,22-,23-,24-,26+,27+/m0/s1. The van der Waals surface area contributed by atoms with Gasteiger partial charge in [-0.15, -0.1) is 0 Å². The van der Waals surface area contributed by atoms with Crippen LogP contribution in [0, 0.1) is 42.4 Å². The summed E-state index contributed by atoms with van der Waals surface area (Å²) in [7, 11) is 0. The number of rotatable bonds is 6. The fraction of sp³-hybridized carbons (Fsp3) is 0.433. The normalized spacial score (nSPS) is 30.9. The number of allylic oxidation sites excluding steroid dienone is 2. The first kappa shape index (κ1) is 22.3. The van der Waals surface area contributed by atoms with Crippen LogP contribution in [0.1, 0.15) is 42.9 Å². The van der Waals surface area contributed by atoms with Crippen molar-refractivity contribution in [3.8, 4) is 5.75 Å². The van der Waals surface area contributed by atoms with E-state index in [4.69, 9.17) is 4.74 Å². The van der Waals surface area contributed by atoms with Crippen molar-refractivity contribution in [2.24, 2.45) is 35.5 Å². The van der Waals surface area contributed by atoms with Crippen molar-refractivity contribution < 1.29 is 19.1 Å². The van der Waals surface area contributed by atoms with E-state index in [2.05, 4.69) is 26.0 Å². The Balaban J connectivity index is 1.35. The van der Waals surface area contributed by atoms with Gasteiger partial charge >= 0.3 is 5.97 Å². The van der Waals surface area contributed by atoms with Gasteiger partial charge in [0.2, 0.25) is 11.8 Å². The molecule has 1 heterocycles. The number of ether oxygens (including phenoxy) is 1.